The fourth-order valence-corrected chi connectivity index (χ4v) is 3.03. The molecule has 1 aromatic carbocycles. The fourth-order valence-electron chi connectivity index (χ4n) is 2.15. The van der Waals surface area contributed by atoms with Gasteiger partial charge in [0.15, 0.2) is 5.75 Å². The van der Waals surface area contributed by atoms with Gasteiger partial charge in [-0.2, -0.15) is 0 Å². The molecule has 0 atom stereocenters. The molecule has 122 valence electrons. The van der Waals surface area contributed by atoms with Crippen molar-refractivity contribution in [3.05, 3.63) is 53.2 Å². The van der Waals surface area contributed by atoms with Crippen LogP contribution >= 0.6 is 11.3 Å². The van der Waals surface area contributed by atoms with E-state index in [2.05, 4.69) is 4.98 Å². The van der Waals surface area contributed by atoms with E-state index in [1.54, 1.807) is 43.5 Å². The Morgan fingerprint density at radius 1 is 1.25 bits per heavy atom. The van der Waals surface area contributed by atoms with Gasteiger partial charge >= 0.3 is 11.9 Å². The highest BCUT2D eigenvalue weighted by Crippen LogP contribution is 2.34. The molecule has 0 fully saturated rings. The van der Waals surface area contributed by atoms with Crippen molar-refractivity contribution in [2.75, 3.05) is 6.61 Å². The molecule has 0 aliphatic rings. The largest absolute Gasteiger partial charge is 0.477 e. The number of carbonyl (C=O) groups excluding carboxylic acids is 1. The van der Waals surface area contributed by atoms with Gasteiger partial charge in [-0.1, -0.05) is 6.07 Å². The van der Waals surface area contributed by atoms with Gasteiger partial charge in [0, 0.05) is 11.6 Å². The summed E-state index contributed by atoms with van der Waals surface area (Å²) in [6.07, 6.45) is 3.10. The number of aromatic nitrogens is 1. The average Bonchev–Trinajstić information content (AvgIpc) is 3.01. The van der Waals surface area contributed by atoms with Crippen molar-refractivity contribution in [2.45, 2.75) is 6.92 Å². The summed E-state index contributed by atoms with van der Waals surface area (Å²) in [4.78, 5) is 27.2. The molecule has 0 bridgehead atoms. The minimum absolute atomic E-state index is 0.211. The Kier molecular flexibility index (Phi) is 4.43. The number of rotatable bonds is 5. The van der Waals surface area contributed by atoms with E-state index in [1.165, 1.54) is 6.20 Å². The summed E-state index contributed by atoms with van der Waals surface area (Å²) in [6.45, 7) is 2.03. The van der Waals surface area contributed by atoms with Crippen LogP contribution in [0.5, 0.6) is 11.5 Å². The quantitative estimate of drug-likeness (QED) is 0.706. The van der Waals surface area contributed by atoms with Gasteiger partial charge in [-0.3, -0.25) is 4.98 Å². The van der Waals surface area contributed by atoms with E-state index in [4.69, 9.17) is 14.6 Å². The molecule has 2 aromatic heterocycles. The molecule has 6 nitrogen and oxygen atoms in total. The highest BCUT2D eigenvalue weighted by atomic mass is 32.1. The summed E-state index contributed by atoms with van der Waals surface area (Å²) in [5.41, 5.74) is 0.381. The number of carbonyl (C=O) groups is 2. The molecule has 0 radical (unpaired) electrons. The molecule has 0 saturated carbocycles. The van der Waals surface area contributed by atoms with Gasteiger partial charge in [-0.15, -0.1) is 11.3 Å². The number of esters is 1. The lowest BCUT2D eigenvalue weighted by molar-refractivity contribution is 0.0525. The Morgan fingerprint density at radius 2 is 2.08 bits per heavy atom. The molecule has 0 spiro atoms. The number of hydrogen-bond donors (Lipinski definition) is 1. The van der Waals surface area contributed by atoms with Gasteiger partial charge in [0.25, 0.3) is 0 Å². The monoisotopic (exact) mass is 343 g/mol. The fraction of sp³-hybridized carbons (Fsp3) is 0.118. The first kappa shape index (κ1) is 15.9. The second kappa shape index (κ2) is 6.67. The van der Waals surface area contributed by atoms with Crippen LogP contribution in [0, 0.1) is 0 Å². The third-order valence-electron chi connectivity index (χ3n) is 3.19. The number of hydrogen-bond acceptors (Lipinski definition) is 6. The van der Waals surface area contributed by atoms with Crippen molar-refractivity contribution >= 4 is 33.4 Å². The molecule has 24 heavy (non-hydrogen) atoms. The van der Waals surface area contributed by atoms with E-state index in [0.29, 0.717) is 33.8 Å². The third kappa shape index (κ3) is 3.21. The minimum Gasteiger partial charge on any atom is -0.477 e. The Bertz CT molecular complexity index is 918. The van der Waals surface area contributed by atoms with Crippen molar-refractivity contribution in [3.8, 4) is 11.5 Å². The van der Waals surface area contributed by atoms with Crippen LogP contribution in [0.4, 0.5) is 0 Å². The van der Waals surface area contributed by atoms with E-state index in [1.807, 2.05) is 0 Å². The first-order chi connectivity index (χ1) is 11.6. The maximum atomic E-state index is 11.8. The minimum atomic E-state index is -0.994. The van der Waals surface area contributed by atoms with Gasteiger partial charge in [0.05, 0.1) is 23.1 Å². The van der Waals surface area contributed by atoms with Gasteiger partial charge in [0.1, 0.15) is 10.6 Å². The number of pyridine rings is 1. The zero-order valence-corrected chi connectivity index (χ0v) is 13.5. The second-order valence-electron chi connectivity index (χ2n) is 4.82. The first-order valence-corrected chi connectivity index (χ1v) is 7.96. The number of ether oxygens (including phenoxy) is 2. The predicted octanol–water partition coefficient (Wildman–Crippen LogP) is 3.96. The van der Waals surface area contributed by atoms with Crippen molar-refractivity contribution in [1.82, 2.24) is 4.98 Å². The van der Waals surface area contributed by atoms with Gasteiger partial charge < -0.3 is 14.6 Å². The molecule has 7 heteroatoms. The van der Waals surface area contributed by atoms with Crippen molar-refractivity contribution < 1.29 is 24.2 Å². The number of aromatic carboxylic acids is 1. The Hall–Kier alpha value is -2.93. The van der Waals surface area contributed by atoms with E-state index < -0.39 is 11.9 Å². The van der Waals surface area contributed by atoms with Crippen LogP contribution in [0.15, 0.2) is 42.7 Å². The summed E-state index contributed by atoms with van der Waals surface area (Å²) in [5, 5.41) is 9.77. The van der Waals surface area contributed by atoms with Gasteiger partial charge in [-0.05, 0) is 31.2 Å². The average molecular weight is 343 g/mol. The van der Waals surface area contributed by atoms with Crippen LogP contribution in [-0.2, 0) is 4.74 Å². The van der Waals surface area contributed by atoms with Crippen molar-refractivity contribution in [2.24, 2.45) is 0 Å². The zero-order valence-electron chi connectivity index (χ0n) is 12.7. The summed E-state index contributed by atoms with van der Waals surface area (Å²) >= 11 is 1.13. The molecular formula is C17H13NO5S. The SMILES string of the molecule is CCOC(=O)c1cccc(Oc2cncc3sc(C(=O)O)cc23)c1. The van der Waals surface area contributed by atoms with Gasteiger partial charge in [-0.25, -0.2) is 9.59 Å². The number of fused-ring (bicyclic) bond motifs is 1. The number of benzene rings is 1. The van der Waals surface area contributed by atoms with Gasteiger partial charge in [0.2, 0.25) is 0 Å². The summed E-state index contributed by atoms with van der Waals surface area (Å²) in [6, 6.07) is 8.14. The van der Waals surface area contributed by atoms with Crippen LogP contribution in [-0.4, -0.2) is 28.6 Å². The molecule has 3 aromatic rings. The summed E-state index contributed by atoms with van der Waals surface area (Å²) in [7, 11) is 0. The summed E-state index contributed by atoms with van der Waals surface area (Å²) in [5.74, 6) is -0.551. The normalized spacial score (nSPS) is 10.5. The number of carboxylic acid groups (broad SMARTS) is 1. The van der Waals surface area contributed by atoms with Crippen LogP contribution in [0.3, 0.4) is 0 Å². The molecular weight excluding hydrogens is 330 g/mol. The predicted molar refractivity (Wildman–Crippen MR) is 89.1 cm³/mol. The molecule has 0 saturated heterocycles. The number of nitrogens with zero attached hydrogens (tertiary/aromatic N) is 1. The lowest BCUT2D eigenvalue weighted by Gasteiger charge is -2.08. The number of thiophene rings is 1. The van der Waals surface area contributed by atoms with E-state index in [9.17, 15) is 9.59 Å². The van der Waals surface area contributed by atoms with E-state index in [0.717, 1.165) is 11.3 Å². The van der Waals surface area contributed by atoms with Crippen LogP contribution in [0.2, 0.25) is 0 Å². The molecule has 0 aliphatic heterocycles. The molecule has 0 aliphatic carbocycles. The first-order valence-electron chi connectivity index (χ1n) is 7.14. The van der Waals surface area contributed by atoms with E-state index in [-0.39, 0.29) is 4.88 Å². The van der Waals surface area contributed by atoms with E-state index >= 15 is 0 Å². The maximum absolute atomic E-state index is 11.8. The van der Waals surface area contributed by atoms with Crippen LogP contribution in [0.25, 0.3) is 10.1 Å². The maximum Gasteiger partial charge on any atom is 0.345 e. The summed E-state index contributed by atoms with van der Waals surface area (Å²) < 4.78 is 11.5. The molecule has 1 N–H and O–H groups in total. The molecule has 2 heterocycles. The molecule has 0 amide bonds. The highest BCUT2D eigenvalue weighted by Gasteiger charge is 2.14. The standard InChI is InChI=1S/C17H13NO5S/c1-2-22-17(21)10-4-3-5-11(6-10)23-13-8-18-9-15-12(13)7-14(24-15)16(19)20/h3-9H,2H2,1H3,(H,19,20). The number of carboxylic acids is 1. The Labute approximate surface area is 141 Å². The Balaban J connectivity index is 1.94. The Morgan fingerprint density at radius 3 is 2.83 bits per heavy atom. The zero-order chi connectivity index (χ0) is 17.1. The topological polar surface area (TPSA) is 85.7 Å². The van der Waals surface area contributed by atoms with Crippen molar-refractivity contribution in [1.29, 1.82) is 0 Å². The third-order valence-corrected chi connectivity index (χ3v) is 4.25. The second-order valence-corrected chi connectivity index (χ2v) is 5.90. The molecule has 3 rings (SSSR count). The molecule has 0 unspecified atom stereocenters. The van der Waals surface area contributed by atoms with Crippen LogP contribution in [0.1, 0.15) is 27.0 Å². The van der Waals surface area contributed by atoms with Crippen molar-refractivity contribution in [3.63, 3.8) is 0 Å². The van der Waals surface area contributed by atoms with Crippen LogP contribution < -0.4 is 4.74 Å². The smallest absolute Gasteiger partial charge is 0.345 e. The highest BCUT2D eigenvalue weighted by molar-refractivity contribution is 7.20. The lowest BCUT2D eigenvalue weighted by atomic mass is 10.2. The lowest BCUT2D eigenvalue weighted by Crippen LogP contribution is -2.04.